The van der Waals surface area contributed by atoms with Crippen molar-refractivity contribution in [3.63, 3.8) is 0 Å². The highest BCUT2D eigenvalue weighted by Gasteiger charge is 2.25. The maximum atomic E-state index is 12.7. The lowest BCUT2D eigenvalue weighted by Gasteiger charge is -2.28. The number of allylic oxidation sites excluding steroid dienone is 1. The SMILES string of the molecule is COC(=CC(=O)N(C)C(CC(C)CCl)c1nccs1)CC(C)C(Cl)Cl. The molecule has 0 fully saturated rings. The summed E-state index contributed by atoms with van der Waals surface area (Å²) < 4.78 is 5.33. The van der Waals surface area contributed by atoms with Crippen LogP contribution in [0.15, 0.2) is 23.4 Å². The van der Waals surface area contributed by atoms with Gasteiger partial charge in [0, 0.05) is 37.0 Å². The van der Waals surface area contributed by atoms with Crippen LogP contribution in [0.4, 0.5) is 0 Å². The second-order valence-electron chi connectivity index (χ2n) is 6.16. The van der Waals surface area contributed by atoms with E-state index in [2.05, 4.69) is 11.9 Å². The fraction of sp³-hybridized carbons (Fsp3) is 0.647. The second kappa shape index (κ2) is 11.3. The fourth-order valence-electron chi connectivity index (χ4n) is 2.27. The third kappa shape index (κ3) is 7.33. The van der Waals surface area contributed by atoms with Gasteiger partial charge in [0.15, 0.2) is 0 Å². The van der Waals surface area contributed by atoms with E-state index in [9.17, 15) is 4.79 Å². The summed E-state index contributed by atoms with van der Waals surface area (Å²) in [6.45, 7) is 3.97. The Morgan fingerprint density at radius 1 is 1.44 bits per heavy atom. The Labute approximate surface area is 169 Å². The second-order valence-corrected chi connectivity index (χ2v) is 8.56. The highest BCUT2D eigenvalue weighted by Crippen LogP contribution is 2.29. The number of hydrogen-bond donors (Lipinski definition) is 0. The number of ether oxygens (including phenoxy) is 1. The van der Waals surface area contributed by atoms with Crippen molar-refractivity contribution >= 4 is 52.0 Å². The number of amides is 1. The van der Waals surface area contributed by atoms with Crippen molar-refractivity contribution in [2.45, 2.75) is 37.6 Å². The molecule has 8 heteroatoms. The molecule has 1 aromatic rings. The standard InChI is InChI=1S/C17H25Cl3N2O2S/c1-11(10-18)7-14(17-21-5-6-25-17)22(3)15(23)9-13(24-4)8-12(2)16(19)20/h5-6,9,11-12,14,16H,7-8,10H2,1-4H3. The van der Waals surface area contributed by atoms with E-state index in [4.69, 9.17) is 39.5 Å². The van der Waals surface area contributed by atoms with Crippen LogP contribution in [-0.2, 0) is 9.53 Å². The number of carbonyl (C=O) groups is 1. The highest BCUT2D eigenvalue weighted by molar-refractivity contribution is 7.09. The van der Waals surface area contributed by atoms with Gasteiger partial charge < -0.3 is 9.64 Å². The van der Waals surface area contributed by atoms with Crippen molar-refractivity contribution < 1.29 is 9.53 Å². The molecule has 1 rings (SSSR count). The van der Waals surface area contributed by atoms with Gasteiger partial charge in [-0.3, -0.25) is 4.79 Å². The average molecular weight is 428 g/mol. The van der Waals surface area contributed by atoms with E-state index in [1.165, 1.54) is 24.5 Å². The van der Waals surface area contributed by atoms with Gasteiger partial charge in [0.25, 0.3) is 0 Å². The summed E-state index contributed by atoms with van der Waals surface area (Å²) in [6.07, 6.45) is 4.49. The van der Waals surface area contributed by atoms with Crippen LogP contribution in [0.1, 0.15) is 37.7 Å². The highest BCUT2D eigenvalue weighted by atomic mass is 35.5. The van der Waals surface area contributed by atoms with E-state index in [1.54, 1.807) is 18.1 Å². The normalized spacial score (nSPS) is 15.8. The molecule has 0 saturated carbocycles. The first kappa shape index (κ1) is 22.6. The van der Waals surface area contributed by atoms with Crippen LogP contribution < -0.4 is 0 Å². The molecule has 1 amide bonds. The smallest absolute Gasteiger partial charge is 0.250 e. The number of halogens is 3. The molecule has 0 bridgehead atoms. The molecule has 4 nitrogen and oxygen atoms in total. The van der Waals surface area contributed by atoms with Gasteiger partial charge in [-0.25, -0.2) is 4.98 Å². The molecule has 0 saturated heterocycles. The first-order valence-corrected chi connectivity index (χ1v) is 10.3. The Hall–Kier alpha value is -0.490. The average Bonchev–Trinajstić information content (AvgIpc) is 3.11. The van der Waals surface area contributed by atoms with Crippen molar-refractivity contribution in [3.8, 4) is 0 Å². The van der Waals surface area contributed by atoms with Crippen LogP contribution in [0, 0.1) is 11.8 Å². The minimum Gasteiger partial charge on any atom is -0.501 e. The lowest BCUT2D eigenvalue weighted by molar-refractivity contribution is -0.127. The predicted molar refractivity (Wildman–Crippen MR) is 106 cm³/mol. The first-order valence-electron chi connectivity index (χ1n) is 8.04. The van der Waals surface area contributed by atoms with E-state index in [1.807, 2.05) is 12.3 Å². The molecule has 1 heterocycles. The quantitative estimate of drug-likeness (QED) is 0.290. The summed E-state index contributed by atoms with van der Waals surface area (Å²) in [4.78, 5) is 18.3. The number of hydrogen-bond acceptors (Lipinski definition) is 4. The lowest BCUT2D eigenvalue weighted by atomic mass is 10.0. The van der Waals surface area contributed by atoms with Gasteiger partial charge in [0.05, 0.1) is 13.2 Å². The maximum absolute atomic E-state index is 12.7. The maximum Gasteiger partial charge on any atom is 0.250 e. The van der Waals surface area contributed by atoms with Crippen molar-refractivity contribution in [2.24, 2.45) is 11.8 Å². The molecular formula is C17H25Cl3N2O2S. The van der Waals surface area contributed by atoms with Gasteiger partial charge >= 0.3 is 0 Å². The van der Waals surface area contributed by atoms with Crippen LogP contribution in [0.5, 0.6) is 0 Å². The summed E-state index contributed by atoms with van der Waals surface area (Å²) in [5.41, 5.74) is 0. The molecule has 0 aliphatic carbocycles. The number of rotatable bonds is 10. The fourth-order valence-corrected chi connectivity index (χ4v) is 3.37. The monoisotopic (exact) mass is 426 g/mol. The molecule has 142 valence electrons. The van der Waals surface area contributed by atoms with Crippen LogP contribution in [0.3, 0.4) is 0 Å². The minimum atomic E-state index is -0.515. The van der Waals surface area contributed by atoms with Crippen LogP contribution in [0.25, 0.3) is 0 Å². The van der Waals surface area contributed by atoms with Crippen molar-refractivity contribution in [2.75, 3.05) is 20.0 Å². The topological polar surface area (TPSA) is 42.4 Å². The lowest BCUT2D eigenvalue weighted by Crippen LogP contribution is -2.31. The molecule has 0 aliphatic heterocycles. The van der Waals surface area contributed by atoms with Gasteiger partial charge in [-0.05, 0) is 18.3 Å². The Morgan fingerprint density at radius 3 is 2.60 bits per heavy atom. The Balaban J connectivity index is 2.92. The molecule has 0 N–H and O–H groups in total. The van der Waals surface area contributed by atoms with Crippen molar-refractivity contribution in [1.29, 1.82) is 0 Å². The van der Waals surface area contributed by atoms with E-state index in [0.717, 1.165) is 11.4 Å². The molecule has 0 aromatic carbocycles. The zero-order valence-corrected chi connectivity index (χ0v) is 18.0. The third-order valence-electron chi connectivity index (χ3n) is 3.94. The van der Waals surface area contributed by atoms with Gasteiger partial charge in [-0.2, -0.15) is 0 Å². The van der Waals surface area contributed by atoms with Crippen molar-refractivity contribution in [1.82, 2.24) is 9.88 Å². The number of aromatic nitrogens is 1. The predicted octanol–water partition coefficient (Wildman–Crippen LogP) is 5.27. The minimum absolute atomic E-state index is 0.0151. The zero-order chi connectivity index (χ0) is 19.0. The number of carbonyl (C=O) groups excluding carboxylic acids is 1. The molecule has 0 radical (unpaired) electrons. The molecule has 3 atom stereocenters. The Bertz CT molecular complexity index is 552. The molecule has 3 unspecified atom stereocenters. The van der Waals surface area contributed by atoms with Gasteiger partial charge in [0.2, 0.25) is 5.91 Å². The van der Waals surface area contributed by atoms with Crippen LogP contribution in [0.2, 0.25) is 0 Å². The molecule has 0 spiro atoms. The Morgan fingerprint density at radius 2 is 2.12 bits per heavy atom. The Kier molecular flexibility index (Phi) is 10.2. The molecule has 25 heavy (non-hydrogen) atoms. The van der Waals surface area contributed by atoms with E-state index in [-0.39, 0.29) is 23.8 Å². The first-order chi connectivity index (χ1) is 11.8. The number of alkyl halides is 3. The van der Waals surface area contributed by atoms with E-state index in [0.29, 0.717) is 18.1 Å². The van der Waals surface area contributed by atoms with Gasteiger partial charge in [-0.1, -0.05) is 13.8 Å². The zero-order valence-electron chi connectivity index (χ0n) is 14.9. The third-order valence-corrected chi connectivity index (χ3v) is 6.20. The van der Waals surface area contributed by atoms with Gasteiger partial charge in [-0.15, -0.1) is 46.1 Å². The van der Waals surface area contributed by atoms with Gasteiger partial charge in [0.1, 0.15) is 15.6 Å². The summed E-state index contributed by atoms with van der Waals surface area (Å²) in [7, 11) is 3.31. The van der Waals surface area contributed by atoms with Crippen LogP contribution >= 0.6 is 46.1 Å². The number of thiazole rings is 1. The largest absolute Gasteiger partial charge is 0.501 e. The summed E-state index contributed by atoms with van der Waals surface area (Å²) in [6, 6.07) is -0.123. The molecule has 0 aliphatic rings. The number of likely N-dealkylation sites (N-methyl/N-ethyl adjacent to an activating group) is 1. The summed E-state index contributed by atoms with van der Waals surface area (Å²) in [5, 5.41) is 2.81. The summed E-state index contributed by atoms with van der Waals surface area (Å²) >= 11 is 19.3. The summed E-state index contributed by atoms with van der Waals surface area (Å²) in [5.74, 6) is 1.20. The van der Waals surface area contributed by atoms with E-state index < -0.39 is 4.84 Å². The molecule has 1 aromatic heterocycles. The molecular weight excluding hydrogens is 403 g/mol. The van der Waals surface area contributed by atoms with E-state index >= 15 is 0 Å². The number of methoxy groups -OCH3 is 1. The van der Waals surface area contributed by atoms with Crippen LogP contribution in [-0.4, -0.2) is 40.7 Å². The van der Waals surface area contributed by atoms with Crippen molar-refractivity contribution in [3.05, 3.63) is 28.4 Å². The number of nitrogens with zero attached hydrogens (tertiary/aromatic N) is 2.